The fraction of sp³-hybridized carbons (Fsp3) is 0.500. The van der Waals surface area contributed by atoms with Crippen molar-refractivity contribution in [2.45, 2.75) is 30.9 Å². The van der Waals surface area contributed by atoms with Gasteiger partial charge in [0.25, 0.3) is 0 Å². The van der Waals surface area contributed by atoms with Crippen LogP contribution in [0, 0.1) is 6.92 Å². The Hall–Kier alpha value is -0.270. The summed E-state index contributed by atoms with van der Waals surface area (Å²) in [4.78, 5) is 0.154. The predicted molar refractivity (Wildman–Crippen MR) is 78.2 cm³/mol. The first-order valence-corrected chi connectivity index (χ1v) is 8.95. The van der Waals surface area contributed by atoms with Crippen molar-refractivity contribution in [3.8, 4) is 0 Å². The van der Waals surface area contributed by atoms with Gasteiger partial charge in [-0.2, -0.15) is 11.8 Å². The minimum Gasteiger partial charge on any atom is -0.392 e. The van der Waals surface area contributed by atoms with Crippen molar-refractivity contribution >= 4 is 33.4 Å². The largest absolute Gasteiger partial charge is 0.392 e. The van der Waals surface area contributed by atoms with E-state index in [1.807, 2.05) is 0 Å². The topological polar surface area (TPSA) is 66.4 Å². The first-order chi connectivity index (χ1) is 8.94. The number of hydrogen-bond acceptors (Lipinski definition) is 4. The van der Waals surface area contributed by atoms with Gasteiger partial charge in [0.05, 0.1) is 11.5 Å². The Morgan fingerprint density at radius 3 is 2.84 bits per heavy atom. The highest BCUT2D eigenvalue weighted by Gasteiger charge is 2.25. The molecule has 0 aliphatic carbocycles. The Labute approximate surface area is 122 Å². The van der Waals surface area contributed by atoms with Crippen molar-refractivity contribution in [3.63, 3.8) is 0 Å². The Morgan fingerprint density at radius 2 is 2.26 bits per heavy atom. The molecule has 0 amide bonds. The van der Waals surface area contributed by atoms with E-state index in [-0.39, 0.29) is 17.5 Å². The van der Waals surface area contributed by atoms with E-state index in [4.69, 9.17) is 11.6 Å². The normalized spacial score (nSPS) is 19.8. The molecule has 1 aromatic rings. The van der Waals surface area contributed by atoms with Crippen LogP contribution in [0.5, 0.6) is 0 Å². The van der Waals surface area contributed by atoms with Crippen LogP contribution in [0.4, 0.5) is 0 Å². The Kier molecular flexibility index (Phi) is 4.79. The molecule has 4 nitrogen and oxygen atoms in total. The highest BCUT2D eigenvalue weighted by Crippen LogP contribution is 2.26. The van der Waals surface area contributed by atoms with Gasteiger partial charge in [-0.1, -0.05) is 11.6 Å². The van der Waals surface area contributed by atoms with E-state index in [2.05, 4.69) is 4.72 Å². The second-order valence-electron chi connectivity index (χ2n) is 4.53. The summed E-state index contributed by atoms with van der Waals surface area (Å²) in [7, 11) is -3.59. The summed E-state index contributed by atoms with van der Waals surface area (Å²) in [6, 6.07) is 2.99. The van der Waals surface area contributed by atoms with E-state index in [1.165, 1.54) is 6.07 Å². The molecule has 0 radical (unpaired) electrons. The van der Waals surface area contributed by atoms with Crippen molar-refractivity contribution in [1.82, 2.24) is 4.72 Å². The van der Waals surface area contributed by atoms with Crippen LogP contribution in [-0.2, 0) is 16.6 Å². The summed E-state index contributed by atoms with van der Waals surface area (Å²) >= 11 is 7.66. The van der Waals surface area contributed by atoms with Crippen LogP contribution in [0.15, 0.2) is 17.0 Å². The summed E-state index contributed by atoms with van der Waals surface area (Å²) in [5.41, 5.74) is 1.08. The lowest BCUT2D eigenvalue weighted by atomic mass is 10.1. The van der Waals surface area contributed by atoms with Crippen molar-refractivity contribution in [2.24, 2.45) is 0 Å². The summed E-state index contributed by atoms with van der Waals surface area (Å²) in [6.07, 6.45) is 0.844. The zero-order chi connectivity index (χ0) is 14.0. The molecule has 1 heterocycles. The summed E-state index contributed by atoms with van der Waals surface area (Å²) in [6.45, 7) is 1.45. The Bertz CT molecular complexity index is 569. The average molecular weight is 322 g/mol. The molecule has 1 unspecified atom stereocenters. The van der Waals surface area contributed by atoms with Gasteiger partial charge in [-0.25, -0.2) is 13.1 Å². The van der Waals surface area contributed by atoms with Crippen LogP contribution < -0.4 is 4.72 Å². The third-order valence-corrected chi connectivity index (χ3v) is 6.17. The number of benzene rings is 1. The van der Waals surface area contributed by atoms with Gasteiger partial charge in [0, 0.05) is 16.8 Å². The number of thioether (sulfide) groups is 1. The average Bonchev–Trinajstić information content (AvgIpc) is 2.83. The maximum atomic E-state index is 12.4. The zero-order valence-corrected chi connectivity index (χ0v) is 12.9. The summed E-state index contributed by atoms with van der Waals surface area (Å²) in [5, 5.41) is 9.56. The van der Waals surface area contributed by atoms with E-state index in [0.29, 0.717) is 16.1 Å². The minimum absolute atomic E-state index is 0.0223. The molecule has 1 aliphatic heterocycles. The molecule has 0 spiro atoms. The van der Waals surface area contributed by atoms with E-state index in [0.717, 1.165) is 17.9 Å². The maximum Gasteiger partial charge on any atom is 0.241 e. The van der Waals surface area contributed by atoms with Crippen LogP contribution in [-0.4, -0.2) is 31.1 Å². The van der Waals surface area contributed by atoms with Crippen LogP contribution in [0.3, 0.4) is 0 Å². The van der Waals surface area contributed by atoms with Gasteiger partial charge in [-0.3, -0.25) is 0 Å². The highest BCUT2D eigenvalue weighted by atomic mass is 35.5. The smallest absolute Gasteiger partial charge is 0.241 e. The van der Waals surface area contributed by atoms with Crippen molar-refractivity contribution in [2.75, 3.05) is 11.5 Å². The fourth-order valence-electron chi connectivity index (χ4n) is 2.06. The van der Waals surface area contributed by atoms with Gasteiger partial charge in [-0.15, -0.1) is 0 Å². The van der Waals surface area contributed by atoms with Crippen molar-refractivity contribution < 1.29 is 13.5 Å². The molecular formula is C12H16ClNO3S2. The predicted octanol–water partition coefficient (Wildman–Crippen LogP) is 1.92. The fourth-order valence-corrected chi connectivity index (χ4v) is 5.21. The van der Waals surface area contributed by atoms with Crippen molar-refractivity contribution in [3.05, 3.63) is 28.3 Å². The second-order valence-corrected chi connectivity index (χ2v) is 7.80. The molecule has 0 bridgehead atoms. The van der Waals surface area contributed by atoms with Gasteiger partial charge >= 0.3 is 0 Å². The van der Waals surface area contributed by atoms with Gasteiger partial charge in [0.2, 0.25) is 10.0 Å². The molecule has 7 heteroatoms. The van der Waals surface area contributed by atoms with Gasteiger partial charge in [0.1, 0.15) is 0 Å². The van der Waals surface area contributed by atoms with Crippen molar-refractivity contribution in [1.29, 1.82) is 0 Å². The molecule has 1 fully saturated rings. The Morgan fingerprint density at radius 1 is 1.53 bits per heavy atom. The van der Waals surface area contributed by atoms with Gasteiger partial charge in [-0.05, 0) is 42.4 Å². The highest BCUT2D eigenvalue weighted by molar-refractivity contribution is 7.99. The van der Waals surface area contributed by atoms with Gasteiger partial charge in [0.15, 0.2) is 0 Å². The standard InChI is InChI=1S/C12H16ClNO3S2/c1-8-9(6-15)4-10(13)5-12(8)19(16,17)14-11-2-3-18-7-11/h4-5,11,14-15H,2-3,6-7H2,1H3. The molecule has 1 aliphatic rings. The molecule has 0 aromatic heterocycles. The number of aliphatic hydroxyl groups excluding tert-OH is 1. The number of nitrogens with one attached hydrogen (secondary N) is 1. The lowest BCUT2D eigenvalue weighted by Gasteiger charge is -2.15. The van der Waals surface area contributed by atoms with Crippen LogP contribution in [0.2, 0.25) is 5.02 Å². The molecule has 1 saturated heterocycles. The lowest BCUT2D eigenvalue weighted by Crippen LogP contribution is -2.35. The molecule has 1 aromatic carbocycles. The number of halogens is 1. The third kappa shape index (κ3) is 3.44. The quantitative estimate of drug-likeness (QED) is 0.889. The second kappa shape index (κ2) is 6.01. The van der Waals surface area contributed by atoms with Crippen LogP contribution in [0.1, 0.15) is 17.5 Å². The molecule has 2 N–H and O–H groups in total. The molecule has 2 rings (SSSR count). The molecule has 106 valence electrons. The first kappa shape index (κ1) is 15.1. The number of hydrogen-bond donors (Lipinski definition) is 2. The molecular weight excluding hydrogens is 306 g/mol. The Balaban J connectivity index is 2.36. The summed E-state index contributed by atoms with van der Waals surface area (Å²) in [5.74, 6) is 1.77. The van der Waals surface area contributed by atoms with E-state index in [1.54, 1.807) is 24.8 Å². The number of aliphatic hydroxyl groups is 1. The first-order valence-electron chi connectivity index (χ1n) is 5.94. The maximum absolute atomic E-state index is 12.4. The van der Waals surface area contributed by atoms with E-state index in [9.17, 15) is 13.5 Å². The lowest BCUT2D eigenvalue weighted by molar-refractivity contribution is 0.280. The van der Waals surface area contributed by atoms with Gasteiger partial charge < -0.3 is 5.11 Å². The molecule has 19 heavy (non-hydrogen) atoms. The monoisotopic (exact) mass is 321 g/mol. The summed E-state index contributed by atoms with van der Waals surface area (Å²) < 4.78 is 27.4. The van der Waals surface area contributed by atoms with Crippen LogP contribution >= 0.6 is 23.4 Å². The third-order valence-electron chi connectivity index (χ3n) is 3.14. The number of sulfonamides is 1. The SMILES string of the molecule is Cc1c(CO)cc(Cl)cc1S(=O)(=O)NC1CCSC1. The van der Waals surface area contributed by atoms with E-state index >= 15 is 0 Å². The molecule has 1 atom stereocenters. The minimum atomic E-state index is -3.59. The zero-order valence-electron chi connectivity index (χ0n) is 10.5. The van der Waals surface area contributed by atoms with E-state index < -0.39 is 10.0 Å². The number of rotatable bonds is 4. The van der Waals surface area contributed by atoms with Crippen LogP contribution in [0.25, 0.3) is 0 Å². The molecule has 0 saturated carbocycles.